The number of benzene rings is 2. The Morgan fingerprint density at radius 2 is 1.85 bits per heavy atom. The minimum atomic E-state index is -0.690. The van der Waals surface area contributed by atoms with Crippen molar-refractivity contribution in [2.75, 3.05) is 13.2 Å². The van der Waals surface area contributed by atoms with Crippen molar-refractivity contribution in [1.29, 1.82) is 0 Å². The molecule has 2 aromatic rings. The van der Waals surface area contributed by atoms with Crippen LogP contribution < -0.4 is 10.1 Å². The molecule has 0 unspecified atom stereocenters. The third-order valence-corrected chi connectivity index (χ3v) is 4.50. The molecule has 0 aliphatic rings. The zero-order chi connectivity index (χ0) is 19.8. The Balaban J connectivity index is 2.14. The van der Waals surface area contributed by atoms with E-state index in [1.807, 2.05) is 31.2 Å². The number of nitrogens with one attached hydrogen (secondary N) is 1. The van der Waals surface area contributed by atoms with Gasteiger partial charge < -0.3 is 15.0 Å². The number of carbonyl (C=O) groups is 2. The summed E-state index contributed by atoms with van der Waals surface area (Å²) in [6, 6.07) is 12.7. The van der Waals surface area contributed by atoms with Gasteiger partial charge in [-0.3, -0.25) is 9.59 Å². The minimum absolute atomic E-state index is 0.0000967. The van der Waals surface area contributed by atoms with Gasteiger partial charge in [0.1, 0.15) is 6.04 Å². The van der Waals surface area contributed by atoms with E-state index >= 15 is 0 Å². The van der Waals surface area contributed by atoms with Gasteiger partial charge in [-0.2, -0.15) is 0 Å². The zero-order valence-electron chi connectivity index (χ0n) is 15.2. The van der Waals surface area contributed by atoms with E-state index in [4.69, 9.17) is 4.74 Å². The van der Waals surface area contributed by atoms with Crippen LogP contribution in [0, 0.1) is 5.82 Å². The van der Waals surface area contributed by atoms with Crippen LogP contribution in [0.15, 0.2) is 53.0 Å². The summed E-state index contributed by atoms with van der Waals surface area (Å²) in [5.74, 6) is -1.20. The molecule has 0 spiro atoms. The molecule has 2 amide bonds. The van der Waals surface area contributed by atoms with Gasteiger partial charge in [0, 0.05) is 17.6 Å². The van der Waals surface area contributed by atoms with Gasteiger partial charge in [-0.25, -0.2) is 4.39 Å². The van der Waals surface area contributed by atoms with E-state index < -0.39 is 17.8 Å². The van der Waals surface area contributed by atoms with Crippen molar-refractivity contribution >= 4 is 27.7 Å². The first-order valence-electron chi connectivity index (χ1n) is 8.61. The lowest BCUT2D eigenvalue weighted by atomic mass is 10.1. The average molecular weight is 437 g/mol. The van der Waals surface area contributed by atoms with Gasteiger partial charge in [-0.1, -0.05) is 40.2 Å². The smallest absolute Gasteiger partial charge is 0.261 e. The first-order chi connectivity index (χ1) is 12.9. The highest BCUT2D eigenvalue weighted by atomic mass is 79.9. The first-order valence-corrected chi connectivity index (χ1v) is 9.40. The summed E-state index contributed by atoms with van der Waals surface area (Å²) in [7, 11) is 0. The van der Waals surface area contributed by atoms with Crippen molar-refractivity contribution in [3.8, 4) is 5.75 Å². The second-order valence-corrected chi connectivity index (χ2v) is 6.85. The number of hydrogen-bond donors (Lipinski definition) is 1. The molecule has 0 aliphatic carbocycles. The lowest BCUT2D eigenvalue weighted by molar-refractivity contribution is -0.142. The molecule has 1 N–H and O–H groups in total. The van der Waals surface area contributed by atoms with Crippen molar-refractivity contribution in [2.24, 2.45) is 0 Å². The molecule has 2 rings (SSSR count). The molecule has 0 fully saturated rings. The number of carbonyl (C=O) groups excluding carboxylic acids is 2. The molecule has 0 heterocycles. The van der Waals surface area contributed by atoms with E-state index in [2.05, 4.69) is 21.2 Å². The fraction of sp³-hybridized carbons (Fsp3) is 0.300. The Morgan fingerprint density at radius 3 is 2.48 bits per heavy atom. The molecule has 7 heteroatoms. The molecule has 1 atom stereocenters. The number of halogens is 2. The number of likely N-dealkylation sites (N-methyl/N-ethyl adjacent to an activating group) is 1. The predicted molar refractivity (Wildman–Crippen MR) is 105 cm³/mol. The van der Waals surface area contributed by atoms with Crippen LogP contribution in [-0.4, -0.2) is 35.9 Å². The van der Waals surface area contributed by atoms with Crippen LogP contribution in [0.4, 0.5) is 4.39 Å². The van der Waals surface area contributed by atoms with Gasteiger partial charge in [0.2, 0.25) is 5.91 Å². The lowest BCUT2D eigenvalue weighted by Crippen LogP contribution is -2.49. The van der Waals surface area contributed by atoms with Gasteiger partial charge in [0.05, 0.1) is 0 Å². The van der Waals surface area contributed by atoms with Gasteiger partial charge >= 0.3 is 0 Å². The zero-order valence-corrected chi connectivity index (χ0v) is 16.8. The third kappa shape index (κ3) is 6.06. The number of nitrogens with zero attached hydrogens (tertiary/aromatic N) is 1. The SMILES string of the molecule is CCNC(=O)[C@@H](C)N(Cc1ccc(Br)cc1)C(=O)COc1ccccc1F. The monoisotopic (exact) mass is 436 g/mol. The summed E-state index contributed by atoms with van der Waals surface area (Å²) in [6.07, 6.45) is 0. The molecule has 144 valence electrons. The maximum atomic E-state index is 13.7. The molecule has 0 saturated heterocycles. The minimum Gasteiger partial charge on any atom is -0.481 e. The number of rotatable bonds is 8. The number of hydrogen-bond acceptors (Lipinski definition) is 3. The highest BCUT2D eigenvalue weighted by Crippen LogP contribution is 2.17. The maximum absolute atomic E-state index is 13.7. The van der Waals surface area contributed by atoms with Crippen LogP contribution in [0.5, 0.6) is 5.75 Å². The Labute approximate surface area is 166 Å². The van der Waals surface area contributed by atoms with Crippen LogP contribution in [0.1, 0.15) is 19.4 Å². The average Bonchev–Trinajstić information content (AvgIpc) is 2.66. The van der Waals surface area contributed by atoms with Gasteiger partial charge in [0.25, 0.3) is 5.91 Å². The molecule has 0 aliphatic heterocycles. The van der Waals surface area contributed by atoms with Crippen LogP contribution in [0.3, 0.4) is 0 Å². The van der Waals surface area contributed by atoms with E-state index in [0.717, 1.165) is 10.0 Å². The first kappa shape index (κ1) is 20.9. The topological polar surface area (TPSA) is 58.6 Å². The summed E-state index contributed by atoms with van der Waals surface area (Å²) in [4.78, 5) is 26.4. The predicted octanol–water partition coefficient (Wildman–Crippen LogP) is 3.52. The summed E-state index contributed by atoms with van der Waals surface area (Å²) in [6.45, 7) is 3.82. The van der Waals surface area contributed by atoms with Gasteiger partial charge in [-0.05, 0) is 43.7 Å². The maximum Gasteiger partial charge on any atom is 0.261 e. The van der Waals surface area contributed by atoms with E-state index in [1.165, 1.54) is 17.0 Å². The van der Waals surface area contributed by atoms with Crippen LogP contribution >= 0.6 is 15.9 Å². The second-order valence-electron chi connectivity index (χ2n) is 5.94. The van der Waals surface area contributed by atoms with Crippen molar-refractivity contribution in [3.63, 3.8) is 0 Å². The summed E-state index contributed by atoms with van der Waals surface area (Å²) in [5.41, 5.74) is 0.869. The fourth-order valence-electron chi connectivity index (χ4n) is 2.48. The summed E-state index contributed by atoms with van der Waals surface area (Å²) >= 11 is 3.37. The number of ether oxygens (including phenoxy) is 1. The highest BCUT2D eigenvalue weighted by molar-refractivity contribution is 9.10. The molecule has 0 saturated carbocycles. The standard InChI is InChI=1S/C20H22BrFN2O3/c1-3-23-20(26)14(2)24(12-15-8-10-16(21)11-9-15)19(25)13-27-18-7-5-4-6-17(18)22/h4-11,14H,3,12-13H2,1-2H3,(H,23,26)/t14-/m1/s1. The Bertz CT molecular complexity index is 783. The Hall–Kier alpha value is -2.41. The molecular weight excluding hydrogens is 415 g/mol. The van der Waals surface area contributed by atoms with Gasteiger partial charge in [0.15, 0.2) is 18.2 Å². The van der Waals surface area contributed by atoms with E-state index in [-0.39, 0.29) is 24.8 Å². The molecular formula is C20H22BrFN2O3. The van der Waals surface area contributed by atoms with Crippen molar-refractivity contribution in [3.05, 3.63) is 64.4 Å². The van der Waals surface area contributed by atoms with Crippen molar-refractivity contribution in [2.45, 2.75) is 26.4 Å². The van der Waals surface area contributed by atoms with Crippen LogP contribution in [0.2, 0.25) is 0 Å². The Morgan fingerprint density at radius 1 is 1.19 bits per heavy atom. The van der Waals surface area contributed by atoms with Crippen LogP contribution in [-0.2, 0) is 16.1 Å². The fourth-order valence-corrected chi connectivity index (χ4v) is 2.74. The third-order valence-electron chi connectivity index (χ3n) is 3.97. The van der Waals surface area contributed by atoms with Crippen molar-refractivity contribution in [1.82, 2.24) is 10.2 Å². The van der Waals surface area contributed by atoms with Crippen molar-refractivity contribution < 1.29 is 18.7 Å². The van der Waals surface area contributed by atoms with Crippen LogP contribution in [0.25, 0.3) is 0 Å². The molecule has 0 aromatic heterocycles. The second kappa shape index (κ2) is 10.1. The Kier molecular flexibility index (Phi) is 7.79. The normalized spacial score (nSPS) is 11.6. The van der Waals surface area contributed by atoms with Gasteiger partial charge in [-0.15, -0.1) is 0 Å². The molecule has 2 aromatic carbocycles. The van der Waals surface area contributed by atoms with E-state index in [9.17, 15) is 14.0 Å². The number of amides is 2. The molecule has 0 radical (unpaired) electrons. The largest absolute Gasteiger partial charge is 0.481 e. The highest BCUT2D eigenvalue weighted by Gasteiger charge is 2.26. The van der Waals surface area contributed by atoms with E-state index in [0.29, 0.717) is 6.54 Å². The number of para-hydroxylation sites is 1. The molecule has 0 bridgehead atoms. The summed E-state index contributed by atoms with van der Waals surface area (Å²) < 4.78 is 19.9. The lowest BCUT2D eigenvalue weighted by Gasteiger charge is -2.28. The van der Waals surface area contributed by atoms with E-state index in [1.54, 1.807) is 19.1 Å². The summed E-state index contributed by atoms with van der Waals surface area (Å²) in [5, 5.41) is 2.72. The molecule has 5 nitrogen and oxygen atoms in total. The quantitative estimate of drug-likeness (QED) is 0.688. The molecule has 27 heavy (non-hydrogen) atoms.